The molecule has 0 aliphatic carbocycles. The van der Waals surface area contributed by atoms with Crippen LogP contribution in [0.2, 0.25) is 5.02 Å². The fourth-order valence-corrected chi connectivity index (χ4v) is 3.27. The van der Waals surface area contributed by atoms with Gasteiger partial charge in [-0.25, -0.2) is 0 Å². The van der Waals surface area contributed by atoms with E-state index in [1.165, 1.54) is 24.3 Å². The molecule has 0 aromatic heterocycles. The van der Waals surface area contributed by atoms with Crippen molar-refractivity contribution in [2.45, 2.75) is 6.18 Å². The number of nitrogens with zero attached hydrogens (tertiary/aromatic N) is 2. The number of hydrogen-bond acceptors (Lipinski definition) is 3. The van der Waals surface area contributed by atoms with Gasteiger partial charge in [0.05, 0.1) is 16.9 Å². The highest BCUT2D eigenvalue weighted by molar-refractivity contribution is 6.31. The van der Waals surface area contributed by atoms with E-state index in [1.807, 2.05) is 6.07 Å². The number of rotatable bonds is 4. The number of carbonyl (C=O) groups excluding carboxylic acids is 1. The molecule has 3 rings (SSSR count). The second kappa shape index (κ2) is 8.88. The molecule has 1 amide bonds. The molecule has 4 nitrogen and oxygen atoms in total. The standard InChI is InChI=1S/C21H21ClF3N3O/c1-27-9-11-28(12-10-27)19-7-6-17(22)14-18(19)26-20(29)8-5-15-3-2-4-16(13-15)21(23,24)25/h2-8,13-14H,9-12H2,1H3,(H,26,29)/b8-5+. The van der Waals surface area contributed by atoms with Gasteiger partial charge in [-0.1, -0.05) is 23.7 Å². The molecule has 0 radical (unpaired) electrons. The van der Waals surface area contributed by atoms with Crippen molar-refractivity contribution in [3.63, 3.8) is 0 Å². The molecular formula is C21H21ClF3N3O. The highest BCUT2D eigenvalue weighted by atomic mass is 35.5. The molecule has 2 aromatic rings. The number of hydrogen-bond donors (Lipinski definition) is 1. The summed E-state index contributed by atoms with van der Waals surface area (Å²) >= 11 is 6.09. The van der Waals surface area contributed by atoms with Crippen LogP contribution in [-0.2, 0) is 11.0 Å². The molecule has 29 heavy (non-hydrogen) atoms. The Morgan fingerprint density at radius 1 is 1.10 bits per heavy atom. The van der Waals surface area contributed by atoms with Crippen molar-refractivity contribution < 1.29 is 18.0 Å². The van der Waals surface area contributed by atoms with Crippen molar-refractivity contribution in [2.24, 2.45) is 0 Å². The summed E-state index contributed by atoms with van der Waals surface area (Å²) in [6.07, 6.45) is -1.86. The van der Waals surface area contributed by atoms with Gasteiger partial charge in [-0.15, -0.1) is 0 Å². The maximum Gasteiger partial charge on any atom is 0.416 e. The largest absolute Gasteiger partial charge is 0.416 e. The van der Waals surface area contributed by atoms with Crippen LogP contribution in [0.1, 0.15) is 11.1 Å². The van der Waals surface area contributed by atoms with Gasteiger partial charge >= 0.3 is 6.18 Å². The van der Waals surface area contributed by atoms with Gasteiger partial charge in [0, 0.05) is 37.3 Å². The molecule has 154 valence electrons. The molecule has 1 fully saturated rings. The van der Waals surface area contributed by atoms with Crippen LogP contribution in [0, 0.1) is 0 Å². The minimum Gasteiger partial charge on any atom is -0.367 e. The van der Waals surface area contributed by atoms with Crippen molar-refractivity contribution in [1.29, 1.82) is 0 Å². The molecule has 1 aliphatic rings. The van der Waals surface area contributed by atoms with E-state index in [2.05, 4.69) is 22.2 Å². The van der Waals surface area contributed by atoms with Crippen molar-refractivity contribution in [1.82, 2.24) is 4.90 Å². The normalized spacial score (nSPS) is 15.7. The molecule has 0 unspecified atom stereocenters. The number of benzene rings is 2. The summed E-state index contributed by atoms with van der Waals surface area (Å²) in [5.41, 5.74) is 0.969. The topological polar surface area (TPSA) is 35.6 Å². The van der Waals surface area contributed by atoms with E-state index >= 15 is 0 Å². The van der Waals surface area contributed by atoms with Crippen molar-refractivity contribution in [3.05, 3.63) is 64.7 Å². The van der Waals surface area contributed by atoms with Gasteiger partial charge in [-0.2, -0.15) is 13.2 Å². The lowest BCUT2D eigenvalue weighted by atomic mass is 10.1. The second-order valence-corrected chi connectivity index (χ2v) is 7.33. The number of halogens is 4. The van der Waals surface area contributed by atoms with Crippen molar-refractivity contribution >= 4 is 35.0 Å². The molecule has 8 heteroatoms. The fourth-order valence-electron chi connectivity index (χ4n) is 3.10. The van der Waals surface area contributed by atoms with Gasteiger partial charge in [0.1, 0.15) is 0 Å². The smallest absolute Gasteiger partial charge is 0.367 e. The van der Waals surface area contributed by atoms with Crippen LogP contribution >= 0.6 is 11.6 Å². The summed E-state index contributed by atoms with van der Waals surface area (Å²) in [6, 6.07) is 10.1. The number of anilines is 2. The van der Waals surface area contributed by atoms with Gasteiger partial charge < -0.3 is 15.1 Å². The summed E-state index contributed by atoms with van der Waals surface area (Å²) in [6.45, 7) is 3.46. The molecule has 1 aliphatic heterocycles. The first-order valence-electron chi connectivity index (χ1n) is 9.12. The number of nitrogens with one attached hydrogen (secondary N) is 1. The quantitative estimate of drug-likeness (QED) is 0.720. The fraction of sp³-hybridized carbons (Fsp3) is 0.286. The Kier molecular flexibility index (Phi) is 6.49. The first-order chi connectivity index (χ1) is 13.7. The first kappa shape index (κ1) is 21.2. The first-order valence-corrected chi connectivity index (χ1v) is 9.49. The average molecular weight is 424 g/mol. The molecule has 0 bridgehead atoms. The highest BCUT2D eigenvalue weighted by Gasteiger charge is 2.30. The maximum absolute atomic E-state index is 12.8. The molecule has 0 saturated carbocycles. The third kappa shape index (κ3) is 5.74. The third-order valence-corrected chi connectivity index (χ3v) is 4.94. The van der Waals surface area contributed by atoms with Crippen LogP contribution in [0.15, 0.2) is 48.5 Å². The number of likely N-dealkylation sites (N-methyl/N-ethyl adjacent to an activating group) is 1. The van der Waals surface area contributed by atoms with Crippen molar-refractivity contribution in [2.75, 3.05) is 43.4 Å². The lowest BCUT2D eigenvalue weighted by Gasteiger charge is -2.35. The lowest BCUT2D eigenvalue weighted by molar-refractivity contribution is -0.137. The van der Waals surface area contributed by atoms with Gasteiger partial charge in [0.15, 0.2) is 0 Å². The van der Waals surface area contributed by atoms with Crippen LogP contribution < -0.4 is 10.2 Å². The van der Waals surface area contributed by atoms with Gasteiger partial charge in [0.25, 0.3) is 0 Å². The Balaban J connectivity index is 1.74. The summed E-state index contributed by atoms with van der Waals surface area (Å²) in [5, 5.41) is 3.27. The Morgan fingerprint density at radius 3 is 2.52 bits per heavy atom. The second-order valence-electron chi connectivity index (χ2n) is 6.90. The number of piperazine rings is 1. The van der Waals surface area contributed by atoms with E-state index in [-0.39, 0.29) is 0 Å². The highest BCUT2D eigenvalue weighted by Crippen LogP contribution is 2.31. The zero-order chi connectivity index (χ0) is 21.0. The summed E-state index contributed by atoms with van der Waals surface area (Å²) < 4.78 is 38.4. The average Bonchev–Trinajstić information content (AvgIpc) is 2.67. The lowest BCUT2D eigenvalue weighted by Crippen LogP contribution is -2.44. The van der Waals surface area contributed by atoms with E-state index in [4.69, 9.17) is 11.6 Å². The molecule has 1 N–H and O–H groups in total. The monoisotopic (exact) mass is 423 g/mol. The van der Waals surface area contributed by atoms with Gasteiger partial charge in [-0.05, 0) is 49.0 Å². The summed E-state index contributed by atoms with van der Waals surface area (Å²) in [7, 11) is 2.06. The predicted octanol–water partition coefficient (Wildman–Crippen LogP) is 4.76. The van der Waals surface area contributed by atoms with Crippen LogP contribution in [0.5, 0.6) is 0 Å². The summed E-state index contributed by atoms with van der Waals surface area (Å²) in [5.74, 6) is -0.444. The van der Waals surface area contributed by atoms with E-state index < -0.39 is 17.6 Å². The Hall–Kier alpha value is -2.51. The van der Waals surface area contributed by atoms with Crippen LogP contribution in [0.3, 0.4) is 0 Å². The minimum atomic E-state index is -4.43. The van der Waals surface area contributed by atoms with E-state index in [0.29, 0.717) is 16.3 Å². The molecular weight excluding hydrogens is 403 g/mol. The van der Waals surface area contributed by atoms with E-state index in [1.54, 1.807) is 12.1 Å². The van der Waals surface area contributed by atoms with Crippen LogP contribution in [-0.4, -0.2) is 44.0 Å². The van der Waals surface area contributed by atoms with Crippen molar-refractivity contribution in [3.8, 4) is 0 Å². The molecule has 0 atom stereocenters. The van der Waals surface area contributed by atoms with Crippen LogP contribution in [0.25, 0.3) is 6.08 Å². The SMILES string of the molecule is CN1CCN(c2ccc(Cl)cc2NC(=O)/C=C/c2cccc(C(F)(F)F)c2)CC1. The Bertz CT molecular complexity index is 906. The predicted molar refractivity (Wildman–Crippen MR) is 110 cm³/mol. The third-order valence-electron chi connectivity index (χ3n) is 4.70. The molecule has 1 saturated heterocycles. The minimum absolute atomic E-state index is 0.292. The van der Waals surface area contributed by atoms with Gasteiger partial charge in [0.2, 0.25) is 5.91 Å². The number of amides is 1. The van der Waals surface area contributed by atoms with Gasteiger partial charge in [-0.3, -0.25) is 4.79 Å². The Morgan fingerprint density at radius 2 is 1.83 bits per heavy atom. The zero-order valence-electron chi connectivity index (χ0n) is 15.8. The van der Waals surface area contributed by atoms with Crippen LogP contribution in [0.4, 0.5) is 24.5 Å². The summed E-state index contributed by atoms with van der Waals surface area (Å²) in [4.78, 5) is 16.8. The molecule has 0 spiro atoms. The van der Waals surface area contributed by atoms with E-state index in [9.17, 15) is 18.0 Å². The molecule has 1 heterocycles. The molecule has 2 aromatic carbocycles. The zero-order valence-corrected chi connectivity index (χ0v) is 16.6. The Labute approximate surface area is 172 Å². The van der Waals surface area contributed by atoms with E-state index in [0.717, 1.165) is 44.0 Å². The maximum atomic E-state index is 12.8. The number of carbonyl (C=O) groups is 1. The number of alkyl halides is 3.